The standard InChI is InChI=1S/C30H40BFN2O7/c1-28(2,3)39-27(37)34-20-10-9-18(13-20)25(34)24(35)12-17(16-33)11-19-14-21(26(36)38-8)22(15-23(19)32)31-40-29(4,5)30(6,7)41-31/h14-15,17-18,20,25H,9-13H2,1-8H3/t17?,18-,20+,25-/m0/s1. The Morgan fingerprint density at radius 3 is 2.37 bits per heavy atom. The van der Waals surface area contributed by atoms with Crippen molar-refractivity contribution < 1.29 is 37.6 Å². The van der Waals surface area contributed by atoms with Gasteiger partial charge in [-0.05, 0) is 103 Å². The van der Waals surface area contributed by atoms with Gasteiger partial charge in [0.05, 0.1) is 41.9 Å². The number of ether oxygens (including phenoxy) is 2. The summed E-state index contributed by atoms with van der Waals surface area (Å²) in [6.45, 7) is 12.7. The summed E-state index contributed by atoms with van der Waals surface area (Å²) in [7, 11) is 0.226. The third-order valence-corrected chi connectivity index (χ3v) is 8.75. The number of benzene rings is 1. The topological polar surface area (TPSA) is 115 Å². The number of nitrogens with zero attached hydrogens (tertiary/aromatic N) is 2. The molecule has 41 heavy (non-hydrogen) atoms. The lowest BCUT2D eigenvalue weighted by Gasteiger charge is -2.35. The number of hydrogen-bond donors (Lipinski definition) is 0. The molecule has 4 rings (SSSR count). The van der Waals surface area contributed by atoms with Crippen molar-refractivity contribution in [2.45, 2.75) is 109 Å². The van der Waals surface area contributed by atoms with Gasteiger partial charge in [0.15, 0.2) is 5.78 Å². The zero-order chi connectivity index (χ0) is 30.5. The molecule has 9 nitrogen and oxygen atoms in total. The van der Waals surface area contributed by atoms with E-state index in [2.05, 4.69) is 6.07 Å². The second-order valence-corrected chi connectivity index (χ2v) is 13.4. The Balaban J connectivity index is 1.55. The predicted molar refractivity (Wildman–Crippen MR) is 149 cm³/mol. The average Bonchev–Trinajstić information content (AvgIpc) is 3.54. The van der Waals surface area contributed by atoms with Crippen molar-refractivity contribution in [2.24, 2.45) is 11.8 Å². The minimum absolute atomic E-state index is 0.0150. The van der Waals surface area contributed by atoms with Gasteiger partial charge >= 0.3 is 19.2 Å². The summed E-state index contributed by atoms with van der Waals surface area (Å²) in [6, 6.07) is 3.92. The molecule has 2 saturated heterocycles. The van der Waals surface area contributed by atoms with Crippen LogP contribution in [0.3, 0.4) is 0 Å². The summed E-state index contributed by atoms with van der Waals surface area (Å²) in [4.78, 5) is 40.8. The van der Waals surface area contributed by atoms with Gasteiger partial charge < -0.3 is 18.8 Å². The molecule has 2 aliphatic heterocycles. The third kappa shape index (κ3) is 6.14. The molecular weight excluding hydrogens is 530 g/mol. The van der Waals surface area contributed by atoms with Crippen molar-refractivity contribution in [3.05, 3.63) is 29.1 Å². The molecule has 1 aromatic carbocycles. The number of fused-ring (bicyclic) bond motifs is 2. The summed E-state index contributed by atoms with van der Waals surface area (Å²) in [5, 5.41) is 9.94. The number of likely N-dealkylation sites (tertiary alicyclic amines) is 1. The number of nitriles is 1. The van der Waals surface area contributed by atoms with E-state index in [1.54, 1.807) is 25.7 Å². The number of piperidine rings is 1. The molecule has 2 bridgehead atoms. The number of amides is 1. The minimum Gasteiger partial charge on any atom is -0.465 e. The van der Waals surface area contributed by atoms with Crippen LogP contribution in [0.5, 0.6) is 0 Å². The molecule has 222 valence electrons. The minimum atomic E-state index is -0.998. The fourth-order valence-electron chi connectivity index (χ4n) is 6.01. The molecule has 2 heterocycles. The quantitative estimate of drug-likeness (QED) is 0.351. The van der Waals surface area contributed by atoms with Crippen molar-refractivity contribution in [2.75, 3.05) is 7.11 Å². The van der Waals surface area contributed by atoms with Crippen molar-refractivity contribution in [3.8, 4) is 6.07 Å². The third-order valence-electron chi connectivity index (χ3n) is 8.75. The van der Waals surface area contributed by atoms with Crippen LogP contribution in [0, 0.1) is 29.0 Å². The van der Waals surface area contributed by atoms with Gasteiger partial charge in [-0.1, -0.05) is 0 Å². The first-order valence-electron chi connectivity index (χ1n) is 14.2. The van der Waals surface area contributed by atoms with Crippen LogP contribution in [-0.4, -0.2) is 65.9 Å². The zero-order valence-electron chi connectivity index (χ0n) is 25.2. The Hall–Kier alpha value is -2.97. The number of carbonyl (C=O) groups is 3. The fraction of sp³-hybridized carbons (Fsp3) is 0.667. The van der Waals surface area contributed by atoms with Gasteiger partial charge in [0.25, 0.3) is 0 Å². The highest BCUT2D eigenvalue weighted by Gasteiger charge is 2.54. The Labute approximate surface area is 241 Å². The van der Waals surface area contributed by atoms with Crippen LogP contribution in [0.1, 0.15) is 90.1 Å². The van der Waals surface area contributed by atoms with Crippen molar-refractivity contribution in [1.82, 2.24) is 4.90 Å². The van der Waals surface area contributed by atoms with Crippen LogP contribution in [-0.2, 0) is 30.0 Å². The molecule has 11 heteroatoms. The second-order valence-electron chi connectivity index (χ2n) is 13.4. The van der Waals surface area contributed by atoms with Crippen LogP contribution < -0.4 is 5.46 Å². The number of rotatable bonds is 7. The maximum Gasteiger partial charge on any atom is 0.495 e. The number of methoxy groups -OCH3 is 1. The molecule has 3 fully saturated rings. The first-order chi connectivity index (χ1) is 19.0. The normalized spacial score (nSPS) is 25.1. The monoisotopic (exact) mass is 570 g/mol. The van der Waals surface area contributed by atoms with Crippen LogP contribution in [0.2, 0.25) is 0 Å². The van der Waals surface area contributed by atoms with E-state index in [0.717, 1.165) is 19.3 Å². The first-order valence-corrected chi connectivity index (χ1v) is 14.2. The first kappa shape index (κ1) is 31.0. The van der Waals surface area contributed by atoms with E-state index in [9.17, 15) is 19.6 Å². The van der Waals surface area contributed by atoms with Crippen LogP contribution in [0.25, 0.3) is 0 Å². The zero-order valence-corrected chi connectivity index (χ0v) is 25.2. The number of esters is 1. The summed E-state index contributed by atoms with van der Waals surface area (Å²) in [6.07, 6.45) is 1.58. The predicted octanol–water partition coefficient (Wildman–Crippen LogP) is 4.34. The van der Waals surface area contributed by atoms with Crippen molar-refractivity contribution in [1.29, 1.82) is 5.26 Å². The molecular formula is C30H40BFN2O7. The lowest BCUT2D eigenvalue weighted by atomic mass is 9.74. The molecule has 0 aromatic heterocycles. The molecule has 1 amide bonds. The molecule has 0 spiro atoms. The van der Waals surface area contributed by atoms with Crippen LogP contribution in [0.15, 0.2) is 12.1 Å². The largest absolute Gasteiger partial charge is 0.495 e. The highest BCUT2D eigenvalue weighted by Crippen LogP contribution is 2.44. The van der Waals surface area contributed by atoms with Gasteiger partial charge in [0, 0.05) is 12.5 Å². The molecule has 0 radical (unpaired) electrons. The molecule has 3 aliphatic rings. The van der Waals surface area contributed by atoms with Gasteiger partial charge in [-0.15, -0.1) is 0 Å². The summed E-state index contributed by atoms with van der Waals surface area (Å²) >= 11 is 0. The van der Waals surface area contributed by atoms with Gasteiger partial charge in [-0.3, -0.25) is 9.69 Å². The van der Waals surface area contributed by atoms with Gasteiger partial charge in [-0.2, -0.15) is 5.26 Å². The van der Waals surface area contributed by atoms with Gasteiger partial charge in [0.1, 0.15) is 11.4 Å². The van der Waals surface area contributed by atoms with Crippen molar-refractivity contribution in [3.63, 3.8) is 0 Å². The summed E-state index contributed by atoms with van der Waals surface area (Å²) < 4.78 is 38.1. The molecule has 4 atom stereocenters. The molecule has 1 aliphatic carbocycles. The van der Waals surface area contributed by atoms with Crippen molar-refractivity contribution >= 4 is 30.4 Å². The van der Waals surface area contributed by atoms with E-state index >= 15 is 4.39 Å². The fourth-order valence-corrected chi connectivity index (χ4v) is 6.01. The average molecular weight is 570 g/mol. The van der Waals surface area contributed by atoms with Gasteiger partial charge in [0.2, 0.25) is 0 Å². The van der Waals surface area contributed by atoms with E-state index < -0.39 is 53.8 Å². The van der Waals surface area contributed by atoms with E-state index in [1.165, 1.54) is 19.2 Å². The Kier molecular flexibility index (Phi) is 8.33. The number of ketones is 1. The Bertz CT molecular complexity index is 1250. The lowest BCUT2D eigenvalue weighted by Crippen LogP contribution is -2.51. The highest BCUT2D eigenvalue weighted by atomic mass is 19.1. The maximum atomic E-state index is 15.5. The SMILES string of the molecule is COC(=O)c1cc(CC(C#N)CC(=O)[C@@H]2[C@H]3CC[C@H](C3)N2C(=O)OC(C)(C)C)c(F)cc1B1OC(C)(C)C(C)(C)O1. The molecule has 1 aromatic rings. The van der Waals surface area contributed by atoms with Gasteiger partial charge in [-0.25, -0.2) is 14.0 Å². The Morgan fingerprint density at radius 1 is 1.17 bits per heavy atom. The lowest BCUT2D eigenvalue weighted by molar-refractivity contribution is -0.126. The molecule has 1 saturated carbocycles. The van der Waals surface area contributed by atoms with E-state index in [0.29, 0.717) is 0 Å². The van der Waals surface area contributed by atoms with E-state index in [1.807, 2.05) is 27.7 Å². The number of carbonyl (C=O) groups excluding carboxylic acids is 3. The van der Waals surface area contributed by atoms with Crippen LogP contribution >= 0.6 is 0 Å². The summed E-state index contributed by atoms with van der Waals surface area (Å²) in [5.41, 5.74) is -1.77. The number of hydrogen-bond acceptors (Lipinski definition) is 8. The van der Waals surface area contributed by atoms with Crippen LogP contribution in [0.4, 0.5) is 9.18 Å². The smallest absolute Gasteiger partial charge is 0.465 e. The highest BCUT2D eigenvalue weighted by molar-refractivity contribution is 6.63. The molecule has 0 N–H and O–H groups in total. The Morgan fingerprint density at radius 2 is 1.80 bits per heavy atom. The summed E-state index contributed by atoms with van der Waals surface area (Å²) in [5.74, 6) is -2.44. The second kappa shape index (κ2) is 11.0. The van der Waals surface area contributed by atoms with E-state index in [4.69, 9.17) is 18.8 Å². The van der Waals surface area contributed by atoms with E-state index in [-0.39, 0.29) is 47.2 Å². The maximum absolute atomic E-state index is 15.5. The number of Topliss-reactive ketones (excluding diaryl/α,β-unsaturated/α-hetero) is 1. The molecule has 1 unspecified atom stereocenters. The number of halogens is 1.